The molecule has 2 aromatic carbocycles. The summed E-state index contributed by atoms with van der Waals surface area (Å²) in [6.45, 7) is 4.35. The summed E-state index contributed by atoms with van der Waals surface area (Å²) >= 11 is 0. The van der Waals surface area contributed by atoms with E-state index in [0.717, 1.165) is 28.6 Å². The van der Waals surface area contributed by atoms with E-state index < -0.39 is 48.5 Å². The highest BCUT2D eigenvalue weighted by Gasteiger charge is 2.41. The Morgan fingerprint density at radius 1 is 1.15 bits per heavy atom. The van der Waals surface area contributed by atoms with Gasteiger partial charge in [0.05, 0.1) is 18.5 Å². The van der Waals surface area contributed by atoms with Crippen molar-refractivity contribution in [3.8, 4) is 0 Å². The number of para-hydroxylation sites is 1. The minimum atomic E-state index is -1.17. The third-order valence-corrected chi connectivity index (χ3v) is 6.54. The molecule has 12 heteroatoms. The Hall–Kier alpha value is -4.87. The van der Waals surface area contributed by atoms with E-state index in [4.69, 9.17) is 10.5 Å². The van der Waals surface area contributed by atoms with Crippen LogP contribution < -0.4 is 26.7 Å². The molecule has 0 aromatic heterocycles. The van der Waals surface area contributed by atoms with E-state index in [2.05, 4.69) is 22.3 Å². The molecule has 4 rings (SSSR count). The van der Waals surface area contributed by atoms with Crippen LogP contribution in [-0.4, -0.2) is 53.4 Å². The number of hydrogen-bond donors (Lipinski definition) is 5. The number of alkyl carbamates (subject to hydrolysis) is 1. The number of aliphatic carboxylic acids is 1. The van der Waals surface area contributed by atoms with Crippen molar-refractivity contribution in [3.05, 3.63) is 77.5 Å². The number of carboxylic acid groups (broad SMARTS) is 1. The fourth-order valence-corrected chi connectivity index (χ4v) is 4.83. The number of carboxylic acids is 1. The van der Waals surface area contributed by atoms with E-state index in [1.807, 2.05) is 58.9 Å². The second-order valence-corrected chi connectivity index (χ2v) is 9.27. The summed E-state index contributed by atoms with van der Waals surface area (Å²) in [4.78, 5) is 50.2. The Kier molecular flexibility index (Phi) is 8.44. The molecule has 0 saturated carbocycles. The van der Waals surface area contributed by atoms with Gasteiger partial charge < -0.3 is 31.1 Å². The Balaban J connectivity index is 1.51. The maximum absolute atomic E-state index is 13.5. The molecule has 0 aliphatic carbocycles. The molecule has 39 heavy (non-hydrogen) atoms. The second kappa shape index (κ2) is 12.1. The molecule has 2 heterocycles. The number of hydrogen-bond acceptors (Lipinski definition) is 7. The molecule has 0 fully saturated rings. The van der Waals surface area contributed by atoms with Crippen LogP contribution in [0.4, 0.5) is 15.3 Å². The Labute approximate surface area is 224 Å². The number of carbonyl (C=O) groups excluding carboxylic acids is 3. The molecule has 2 aliphatic heterocycles. The molecular weight excluding hydrogens is 504 g/mol. The molecule has 2 aromatic rings. The minimum Gasteiger partial charge on any atom is -0.481 e. The zero-order valence-corrected chi connectivity index (χ0v) is 21.1. The molecule has 204 valence electrons. The van der Waals surface area contributed by atoms with Gasteiger partial charge in [-0.3, -0.25) is 9.59 Å². The maximum Gasteiger partial charge on any atom is 0.408 e. The number of hydrazone groups is 1. The first-order chi connectivity index (χ1) is 18.7. The Morgan fingerprint density at radius 2 is 1.90 bits per heavy atom. The first-order valence-electron chi connectivity index (χ1n) is 12.4. The topological polar surface area (TPSA) is 175 Å². The highest BCUT2D eigenvalue weighted by molar-refractivity contribution is 5.93. The summed E-state index contributed by atoms with van der Waals surface area (Å²) in [5, 5.41) is 18.4. The number of carbonyl (C=O) groups is 4. The zero-order valence-electron chi connectivity index (χ0n) is 21.1. The molecule has 12 nitrogen and oxygen atoms in total. The number of nitrogens with zero attached hydrogens (tertiary/aromatic N) is 2. The number of urea groups is 1. The maximum atomic E-state index is 13.5. The summed E-state index contributed by atoms with van der Waals surface area (Å²) in [6.07, 6.45) is 1.59. The van der Waals surface area contributed by atoms with Gasteiger partial charge in [-0.1, -0.05) is 55.1 Å². The van der Waals surface area contributed by atoms with Crippen LogP contribution in [0.2, 0.25) is 0 Å². The van der Waals surface area contributed by atoms with Crippen LogP contribution in [0, 0.1) is 0 Å². The van der Waals surface area contributed by atoms with Crippen molar-refractivity contribution >= 4 is 35.9 Å². The zero-order chi connectivity index (χ0) is 27.9. The first kappa shape index (κ1) is 27.2. The predicted molar refractivity (Wildman–Crippen MR) is 143 cm³/mol. The first-order valence-corrected chi connectivity index (χ1v) is 12.4. The van der Waals surface area contributed by atoms with Crippen LogP contribution in [0.1, 0.15) is 29.5 Å². The van der Waals surface area contributed by atoms with Crippen molar-refractivity contribution in [3.63, 3.8) is 0 Å². The number of primary amides is 1. The SMILES string of the molecule is C=C1[C@@H](NC(=O)OCc2ccccc2)CCc2cccc3c2N1[C@H](C(=O)N[C@H](/C=N/NC(N)=O)CC(=O)O)C3. The van der Waals surface area contributed by atoms with Gasteiger partial charge in [-0.05, 0) is 29.5 Å². The van der Waals surface area contributed by atoms with Gasteiger partial charge in [-0.15, -0.1) is 0 Å². The monoisotopic (exact) mass is 534 g/mol. The lowest BCUT2D eigenvalue weighted by atomic mass is 10.0. The van der Waals surface area contributed by atoms with Crippen LogP contribution in [0.3, 0.4) is 0 Å². The number of benzene rings is 2. The van der Waals surface area contributed by atoms with Gasteiger partial charge in [0, 0.05) is 24.0 Å². The number of aryl methyl sites for hydroxylation is 1. The summed E-state index contributed by atoms with van der Waals surface area (Å²) in [7, 11) is 0. The number of nitrogens with two attached hydrogens (primary N) is 1. The minimum absolute atomic E-state index is 0.113. The van der Waals surface area contributed by atoms with Crippen molar-refractivity contribution in [2.75, 3.05) is 4.90 Å². The highest BCUT2D eigenvalue weighted by atomic mass is 16.5. The molecule has 0 saturated heterocycles. The lowest BCUT2D eigenvalue weighted by Gasteiger charge is -2.32. The number of ether oxygens (including phenoxy) is 1. The number of amides is 4. The smallest absolute Gasteiger partial charge is 0.408 e. The summed E-state index contributed by atoms with van der Waals surface area (Å²) in [6, 6.07) is 12.0. The molecule has 0 bridgehead atoms. The molecule has 0 unspecified atom stereocenters. The summed E-state index contributed by atoms with van der Waals surface area (Å²) in [5.74, 6) is -1.62. The largest absolute Gasteiger partial charge is 0.481 e. The fraction of sp³-hybridized carbons (Fsp3) is 0.296. The fourth-order valence-electron chi connectivity index (χ4n) is 4.83. The highest BCUT2D eigenvalue weighted by Crippen LogP contribution is 2.41. The van der Waals surface area contributed by atoms with Gasteiger partial charge in [-0.25, -0.2) is 15.0 Å². The van der Waals surface area contributed by atoms with Gasteiger partial charge >= 0.3 is 18.1 Å². The lowest BCUT2D eigenvalue weighted by molar-refractivity contribution is -0.137. The molecule has 3 atom stereocenters. The predicted octanol–water partition coefficient (Wildman–Crippen LogP) is 1.79. The van der Waals surface area contributed by atoms with Gasteiger partial charge in [0.2, 0.25) is 5.91 Å². The summed E-state index contributed by atoms with van der Waals surface area (Å²) < 4.78 is 5.40. The van der Waals surface area contributed by atoms with Crippen LogP contribution in [-0.2, 0) is 33.8 Å². The van der Waals surface area contributed by atoms with Crippen molar-refractivity contribution in [2.24, 2.45) is 10.8 Å². The lowest BCUT2D eigenvalue weighted by Crippen LogP contribution is -2.51. The summed E-state index contributed by atoms with van der Waals surface area (Å²) in [5.41, 5.74) is 11.2. The molecule has 6 N–H and O–H groups in total. The number of anilines is 1. The van der Waals surface area contributed by atoms with Crippen LogP contribution in [0.5, 0.6) is 0 Å². The third kappa shape index (κ3) is 6.72. The van der Waals surface area contributed by atoms with Crippen LogP contribution in [0.25, 0.3) is 0 Å². The van der Waals surface area contributed by atoms with Crippen molar-refractivity contribution < 1.29 is 29.0 Å². The normalized spacial score (nSPS) is 18.6. The van der Waals surface area contributed by atoms with Crippen molar-refractivity contribution in [2.45, 2.75) is 50.4 Å². The van der Waals surface area contributed by atoms with Crippen molar-refractivity contribution in [1.82, 2.24) is 16.1 Å². The Morgan fingerprint density at radius 3 is 2.62 bits per heavy atom. The standard InChI is InChI=1S/C27H30N6O6/c1-16-21(31-27(38)39-15-17-6-3-2-4-7-17)11-10-18-8-5-9-19-12-22(33(16)24(18)19)25(36)30-20(13-23(34)35)14-29-32-26(28)37/h2-9,14,20-22H,1,10-13,15H2,(H,30,36)(H,31,38)(H,34,35)(H3,28,32,37)/b29-14+/t20-,21-,22-/m0/s1. The van der Waals surface area contributed by atoms with Gasteiger partial charge in [0.25, 0.3) is 0 Å². The second-order valence-electron chi connectivity index (χ2n) is 9.27. The van der Waals surface area contributed by atoms with E-state index in [0.29, 0.717) is 25.0 Å². The molecule has 0 spiro atoms. The number of nitrogens with one attached hydrogen (secondary N) is 3. The van der Waals surface area contributed by atoms with Gasteiger partial charge in [0.15, 0.2) is 0 Å². The average Bonchev–Trinajstić information content (AvgIpc) is 3.23. The van der Waals surface area contributed by atoms with E-state index >= 15 is 0 Å². The van der Waals surface area contributed by atoms with Crippen LogP contribution in [0.15, 0.2) is 65.9 Å². The van der Waals surface area contributed by atoms with Gasteiger partial charge in [-0.2, -0.15) is 5.10 Å². The van der Waals surface area contributed by atoms with Crippen molar-refractivity contribution in [1.29, 1.82) is 0 Å². The van der Waals surface area contributed by atoms with E-state index in [-0.39, 0.29) is 6.61 Å². The molecular formula is C27H30N6O6. The van der Waals surface area contributed by atoms with E-state index in [1.54, 1.807) is 0 Å². The molecule has 4 amide bonds. The number of rotatable bonds is 9. The molecule has 2 aliphatic rings. The third-order valence-electron chi connectivity index (χ3n) is 6.54. The van der Waals surface area contributed by atoms with Gasteiger partial charge in [0.1, 0.15) is 12.6 Å². The van der Waals surface area contributed by atoms with E-state index in [9.17, 15) is 24.3 Å². The van der Waals surface area contributed by atoms with Crippen LogP contribution >= 0.6 is 0 Å². The quantitative estimate of drug-likeness (QED) is 0.241. The Bertz CT molecular complexity index is 1300. The average molecular weight is 535 g/mol. The van der Waals surface area contributed by atoms with E-state index in [1.165, 1.54) is 0 Å². The molecule has 0 radical (unpaired) electrons.